The highest BCUT2D eigenvalue weighted by Crippen LogP contribution is 2.34. The molecule has 0 fully saturated rings. The van der Waals surface area contributed by atoms with Crippen LogP contribution in [0.2, 0.25) is 10.0 Å². The van der Waals surface area contributed by atoms with Crippen LogP contribution in [-0.2, 0) is 0 Å². The smallest absolute Gasteiger partial charge is 0.334 e. The maximum Gasteiger partial charge on any atom is 0.353 e. The van der Waals surface area contributed by atoms with E-state index in [0.717, 1.165) is 24.5 Å². The zero-order valence-corrected chi connectivity index (χ0v) is 14.7. The summed E-state index contributed by atoms with van der Waals surface area (Å²) in [6.45, 7) is 0. The van der Waals surface area contributed by atoms with Gasteiger partial charge < -0.3 is 10.6 Å². The van der Waals surface area contributed by atoms with E-state index in [1.807, 2.05) is 0 Å². The fourth-order valence-electron chi connectivity index (χ4n) is 2.17. The van der Waals surface area contributed by atoms with Crippen molar-refractivity contribution in [3.63, 3.8) is 0 Å². The topological polar surface area (TPSA) is 93.0 Å². The number of aromatic nitrogens is 2. The molecule has 0 radical (unpaired) electrons. The number of nitrogens with one attached hydrogen (secondary N) is 2. The van der Waals surface area contributed by atoms with Gasteiger partial charge in [-0.25, -0.2) is 18.7 Å². The molecule has 0 atom stereocenters. The van der Waals surface area contributed by atoms with Crippen molar-refractivity contribution < 1.29 is 13.7 Å². The van der Waals surface area contributed by atoms with Crippen LogP contribution < -0.4 is 10.6 Å². The van der Waals surface area contributed by atoms with Gasteiger partial charge in [-0.15, -0.1) is 0 Å². The molecule has 0 amide bonds. The van der Waals surface area contributed by atoms with Crippen LogP contribution in [0.3, 0.4) is 0 Å². The van der Waals surface area contributed by atoms with Crippen LogP contribution in [0, 0.1) is 21.7 Å². The second-order valence-electron chi connectivity index (χ2n) is 5.18. The molecule has 2 aromatic carbocycles. The average molecular weight is 412 g/mol. The molecule has 0 aliphatic heterocycles. The highest BCUT2D eigenvalue weighted by molar-refractivity contribution is 6.42. The van der Waals surface area contributed by atoms with E-state index in [2.05, 4.69) is 20.6 Å². The van der Waals surface area contributed by atoms with Crippen LogP contribution in [0.4, 0.5) is 37.5 Å². The summed E-state index contributed by atoms with van der Waals surface area (Å²) in [7, 11) is 0. The third-order valence-corrected chi connectivity index (χ3v) is 4.11. The molecule has 1 heterocycles. The molecule has 0 aliphatic carbocycles. The third kappa shape index (κ3) is 4.21. The quantitative estimate of drug-likeness (QED) is 0.427. The predicted octanol–water partition coefficient (Wildman–Crippen LogP) is 5.46. The Morgan fingerprint density at radius 1 is 0.963 bits per heavy atom. The van der Waals surface area contributed by atoms with Crippen LogP contribution in [0.25, 0.3) is 0 Å². The van der Waals surface area contributed by atoms with E-state index < -0.39 is 22.2 Å². The molecule has 1 aromatic heterocycles. The van der Waals surface area contributed by atoms with Gasteiger partial charge in [-0.3, -0.25) is 10.1 Å². The van der Waals surface area contributed by atoms with Gasteiger partial charge in [-0.1, -0.05) is 23.2 Å². The zero-order valence-electron chi connectivity index (χ0n) is 13.2. The van der Waals surface area contributed by atoms with Gasteiger partial charge in [0.15, 0.2) is 0 Å². The summed E-state index contributed by atoms with van der Waals surface area (Å²) < 4.78 is 27.2. The standard InChI is InChI=1S/C16H9Cl2F2N5O2/c17-10-3-2-9(6-11(10)18)23-15-14(25(26)27)16(22-7-21-15)24-13-5-8(19)1-4-12(13)20/h1-7H,(H2,21,22,23,24). The molecule has 0 unspecified atom stereocenters. The molecule has 3 aromatic rings. The Hall–Kier alpha value is -3.04. The molecular formula is C16H9Cl2F2N5O2. The van der Waals surface area contributed by atoms with Gasteiger partial charge in [-0.2, -0.15) is 0 Å². The summed E-state index contributed by atoms with van der Waals surface area (Å²) >= 11 is 11.8. The average Bonchev–Trinajstić information content (AvgIpc) is 2.61. The zero-order chi connectivity index (χ0) is 19.6. The monoisotopic (exact) mass is 411 g/mol. The van der Waals surface area contributed by atoms with Crippen LogP contribution >= 0.6 is 23.2 Å². The molecule has 2 N–H and O–H groups in total. The van der Waals surface area contributed by atoms with Gasteiger partial charge in [-0.05, 0) is 30.3 Å². The molecule has 0 bridgehead atoms. The molecule has 7 nitrogen and oxygen atoms in total. The minimum atomic E-state index is -0.802. The SMILES string of the molecule is O=[N+]([O-])c1c(Nc2ccc(Cl)c(Cl)c2)ncnc1Nc1cc(F)ccc1F. The number of hydrogen-bond donors (Lipinski definition) is 2. The lowest BCUT2D eigenvalue weighted by molar-refractivity contribution is -0.383. The highest BCUT2D eigenvalue weighted by atomic mass is 35.5. The lowest BCUT2D eigenvalue weighted by Gasteiger charge is -2.11. The Morgan fingerprint density at radius 2 is 1.67 bits per heavy atom. The molecule has 3 rings (SSSR count). The van der Waals surface area contributed by atoms with Crippen molar-refractivity contribution in [1.29, 1.82) is 0 Å². The summed E-state index contributed by atoms with van der Waals surface area (Å²) in [5.41, 5.74) is -0.487. The highest BCUT2D eigenvalue weighted by Gasteiger charge is 2.24. The number of nitro groups is 1. The summed E-state index contributed by atoms with van der Waals surface area (Å²) in [5.74, 6) is -2.01. The number of anilines is 4. The van der Waals surface area contributed by atoms with E-state index >= 15 is 0 Å². The van der Waals surface area contributed by atoms with Crippen molar-refractivity contribution in [2.45, 2.75) is 0 Å². The van der Waals surface area contributed by atoms with Crippen molar-refractivity contribution in [3.05, 3.63) is 74.5 Å². The minimum absolute atomic E-state index is 0.173. The van der Waals surface area contributed by atoms with Crippen LogP contribution in [0.5, 0.6) is 0 Å². The number of hydrogen-bond acceptors (Lipinski definition) is 6. The summed E-state index contributed by atoms with van der Waals surface area (Å²) in [5, 5.41) is 17.2. The van der Waals surface area contributed by atoms with E-state index in [1.165, 1.54) is 12.1 Å². The Kier molecular flexibility index (Phi) is 5.33. The number of rotatable bonds is 5. The molecule has 0 spiro atoms. The molecule has 0 saturated carbocycles. The number of halogens is 4. The van der Waals surface area contributed by atoms with Crippen molar-refractivity contribution in [1.82, 2.24) is 9.97 Å². The Balaban J connectivity index is 2.00. The number of nitrogens with zero attached hydrogens (tertiary/aromatic N) is 3. The van der Waals surface area contributed by atoms with E-state index in [9.17, 15) is 18.9 Å². The van der Waals surface area contributed by atoms with E-state index in [4.69, 9.17) is 23.2 Å². The lowest BCUT2D eigenvalue weighted by atomic mass is 10.3. The largest absolute Gasteiger partial charge is 0.353 e. The first-order valence-electron chi connectivity index (χ1n) is 7.28. The minimum Gasteiger partial charge on any atom is -0.334 e. The fourth-order valence-corrected chi connectivity index (χ4v) is 2.46. The molecule has 138 valence electrons. The molecule has 27 heavy (non-hydrogen) atoms. The lowest BCUT2D eigenvalue weighted by Crippen LogP contribution is -2.06. The van der Waals surface area contributed by atoms with Gasteiger partial charge in [0.05, 0.1) is 20.7 Å². The first-order chi connectivity index (χ1) is 12.8. The fraction of sp³-hybridized carbons (Fsp3) is 0. The Labute approximate surface area is 161 Å². The number of benzene rings is 2. The van der Waals surface area contributed by atoms with Crippen molar-refractivity contribution in [2.75, 3.05) is 10.6 Å². The first kappa shape index (κ1) is 18.7. The summed E-state index contributed by atoms with van der Waals surface area (Å²) in [6, 6.07) is 7.16. The van der Waals surface area contributed by atoms with E-state index in [-0.39, 0.29) is 22.3 Å². The Morgan fingerprint density at radius 3 is 2.33 bits per heavy atom. The second kappa shape index (κ2) is 7.68. The summed E-state index contributed by atoms with van der Waals surface area (Å²) in [4.78, 5) is 18.4. The van der Waals surface area contributed by atoms with Crippen molar-refractivity contribution in [2.24, 2.45) is 0 Å². The Bertz CT molecular complexity index is 1040. The maximum absolute atomic E-state index is 13.8. The normalized spacial score (nSPS) is 10.5. The molecule has 11 heteroatoms. The molecular weight excluding hydrogens is 403 g/mol. The van der Waals surface area contributed by atoms with Gasteiger partial charge in [0.1, 0.15) is 18.0 Å². The molecule has 0 saturated heterocycles. The van der Waals surface area contributed by atoms with Crippen molar-refractivity contribution in [3.8, 4) is 0 Å². The van der Waals surface area contributed by atoms with Gasteiger partial charge in [0, 0.05) is 11.8 Å². The van der Waals surface area contributed by atoms with Gasteiger partial charge >= 0.3 is 5.69 Å². The van der Waals surface area contributed by atoms with Crippen LogP contribution in [0.15, 0.2) is 42.7 Å². The van der Waals surface area contributed by atoms with Gasteiger partial charge in [0.2, 0.25) is 11.6 Å². The maximum atomic E-state index is 13.8. The first-order valence-corrected chi connectivity index (χ1v) is 8.04. The predicted molar refractivity (Wildman–Crippen MR) is 98.1 cm³/mol. The van der Waals surface area contributed by atoms with E-state index in [0.29, 0.717) is 10.7 Å². The van der Waals surface area contributed by atoms with Crippen molar-refractivity contribution >= 4 is 51.9 Å². The van der Waals surface area contributed by atoms with Crippen LogP contribution in [-0.4, -0.2) is 14.9 Å². The van der Waals surface area contributed by atoms with Gasteiger partial charge in [0.25, 0.3) is 0 Å². The van der Waals surface area contributed by atoms with Crippen LogP contribution in [0.1, 0.15) is 0 Å². The van der Waals surface area contributed by atoms with E-state index in [1.54, 1.807) is 6.07 Å². The molecule has 0 aliphatic rings. The second-order valence-corrected chi connectivity index (χ2v) is 5.99. The summed E-state index contributed by atoms with van der Waals surface area (Å²) in [6.07, 6.45) is 1.03. The third-order valence-electron chi connectivity index (χ3n) is 3.37.